The molecule has 0 aliphatic carbocycles. The topological polar surface area (TPSA) is 124 Å². The third kappa shape index (κ3) is 38.7. The Morgan fingerprint density at radius 3 is 1.12 bits per heavy atom. The van der Waals surface area contributed by atoms with Crippen molar-refractivity contribution in [3.8, 4) is 0 Å². The van der Waals surface area contributed by atoms with Crippen molar-refractivity contribution in [3.63, 3.8) is 0 Å². The van der Waals surface area contributed by atoms with Crippen LogP contribution in [0.5, 0.6) is 0 Å². The molecule has 200 valence electrons. The zero-order valence-corrected chi connectivity index (χ0v) is 20.8. The Balaban J connectivity index is 0. The summed E-state index contributed by atoms with van der Waals surface area (Å²) >= 11 is 0. The zero-order chi connectivity index (χ0) is 24.7. The first-order chi connectivity index (χ1) is 16.2. The monoisotopic (exact) mass is 482 g/mol. The smallest absolute Gasteiger partial charge is 0.303 e. The zero-order valence-electron chi connectivity index (χ0n) is 20.8. The number of ether oxygens (including phenoxy) is 5. The van der Waals surface area contributed by atoms with Crippen LogP contribution >= 0.6 is 0 Å². The van der Waals surface area contributed by atoms with Crippen LogP contribution in [0.2, 0.25) is 0 Å². The van der Waals surface area contributed by atoms with Crippen LogP contribution in [0.25, 0.3) is 0 Å². The highest BCUT2D eigenvalue weighted by atomic mass is 16.6. The van der Waals surface area contributed by atoms with Crippen molar-refractivity contribution in [2.75, 3.05) is 79.3 Å². The van der Waals surface area contributed by atoms with E-state index in [0.29, 0.717) is 72.5 Å². The van der Waals surface area contributed by atoms with Gasteiger partial charge in [-0.25, -0.2) is 0 Å². The molecular weight excluding hydrogens is 432 g/mol. The molecule has 0 aliphatic heterocycles. The summed E-state index contributed by atoms with van der Waals surface area (Å²) in [4.78, 5) is 10.2. The molecule has 3 N–H and O–H groups in total. The van der Waals surface area contributed by atoms with Crippen LogP contribution < -0.4 is 0 Å². The number of hydrogen-bond donors (Lipinski definition) is 3. The van der Waals surface area contributed by atoms with Crippen molar-refractivity contribution in [2.45, 2.75) is 71.1 Å². The van der Waals surface area contributed by atoms with Crippen molar-refractivity contribution in [1.29, 1.82) is 0 Å². The maximum Gasteiger partial charge on any atom is 0.303 e. The molecule has 33 heavy (non-hydrogen) atoms. The molecule has 0 aromatic rings. The van der Waals surface area contributed by atoms with Crippen molar-refractivity contribution in [3.05, 3.63) is 0 Å². The lowest BCUT2D eigenvalue weighted by molar-refractivity contribution is -0.137. The third-order valence-corrected chi connectivity index (χ3v) is 4.45. The molecule has 9 nitrogen and oxygen atoms in total. The van der Waals surface area contributed by atoms with E-state index < -0.39 is 5.97 Å². The van der Waals surface area contributed by atoms with E-state index in [1.54, 1.807) is 0 Å². The van der Waals surface area contributed by atoms with E-state index >= 15 is 0 Å². The lowest BCUT2D eigenvalue weighted by Crippen LogP contribution is -2.14. The summed E-state index contributed by atoms with van der Waals surface area (Å²) in [7, 11) is 0. The van der Waals surface area contributed by atoms with E-state index in [2.05, 4.69) is 6.92 Å². The first kappa shape index (κ1) is 34.4. The van der Waals surface area contributed by atoms with Gasteiger partial charge in [0, 0.05) is 6.42 Å². The number of hydrogen-bond acceptors (Lipinski definition) is 8. The van der Waals surface area contributed by atoms with Gasteiger partial charge in [-0.1, -0.05) is 58.3 Å². The molecule has 0 fully saturated rings. The molecule has 0 bridgehead atoms. The van der Waals surface area contributed by atoms with Gasteiger partial charge in [-0.3, -0.25) is 4.79 Å². The van der Waals surface area contributed by atoms with Crippen LogP contribution in [0.1, 0.15) is 71.1 Å². The molecule has 0 radical (unpaired) electrons. The third-order valence-electron chi connectivity index (χ3n) is 4.45. The summed E-state index contributed by atoms with van der Waals surface area (Å²) in [5.74, 6) is -0.659. The number of aliphatic hydroxyl groups is 2. The minimum Gasteiger partial charge on any atom is -0.481 e. The molecule has 0 atom stereocenters. The van der Waals surface area contributed by atoms with Crippen LogP contribution in [0, 0.1) is 0 Å². The molecule has 0 saturated heterocycles. The van der Waals surface area contributed by atoms with Crippen LogP contribution in [0.4, 0.5) is 0 Å². The van der Waals surface area contributed by atoms with Gasteiger partial charge in [0.1, 0.15) is 0 Å². The van der Waals surface area contributed by atoms with Gasteiger partial charge in [0.25, 0.3) is 0 Å². The van der Waals surface area contributed by atoms with E-state index in [1.807, 2.05) is 0 Å². The Hall–Kier alpha value is -0.810. The SMILES string of the molecule is CCCCCCCCCCCC(=O)O.OCCOCCOCCOCCOCCOCCO. The average molecular weight is 483 g/mol. The van der Waals surface area contributed by atoms with Gasteiger partial charge < -0.3 is 39.0 Å². The molecule has 0 aromatic heterocycles. The molecule has 0 rings (SSSR count). The van der Waals surface area contributed by atoms with Crippen molar-refractivity contribution >= 4 is 5.97 Å². The highest BCUT2D eigenvalue weighted by Gasteiger charge is 1.96. The molecule has 0 heterocycles. The number of aliphatic hydroxyl groups excluding tert-OH is 2. The Bertz CT molecular complexity index is 341. The molecule has 0 spiro atoms. The average Bonchev–Trinajstić information content (AvgIpc) is 2.81. The molecule has 9 heteroatoms. The summed E-state index contributed by atoms with van der Waals surface area (Å²) in [6.07, 6.45) is 11.5. The number of aliphatic carboxylic acids is 1. The molecule has 0 unspecified atom stereocenters. The highest BCUT2D eigenvalue weighted by Crippen LogP contribution is 2.10. The highest BCUT2D eigenvalue weighted by molar-refractivity contribution is 5.66. The maximum atomic E-state index is 10.2. The summed E-state index contributed by atoms with van der Waals surface area (Å²) < 4.78 is 25.8. The van der Waals surface area contributed by atoms with Gasteiger partial charge in [0.2, 0.25) is 0 Å². The number of carboxylic acid groups (broad SMARTS) is 1. The molecule has 0 amide bonds. The van der Waals surface area contributed by atoms with E-state index in [1.165, 1.54) is 44.9 Å². The summed E-state index contributed by atoms with van der Waals surface area (Å²) in [6, 6.07) is 0. The van der Waals surface area contributed by atoms with Gasteiger partial charge in [-0.15, -0.1) is 0 Å². The summed E-state index contributed by atoms with van der Waals surface area (Å²) in [5.41, 5.74) is 0. The Morgan fingerprint density at radius 1 is 0.515 bits per heavy atom. The fraction of sp³-hybridized carbons (Fsp3) is 0.958. The normalized spacial score (nSPS) is 10.8. The second-order valence-electron chi connectivity index (χ2n) is 7.48. The predicted octanol–water partition coefficient (Wildman–Crippen LogP) is 3.05. The van der Waals surface area contributed by atoms with Crippen molar-refractivity contribution < 1.29 is 43.8 Å². The van der Waals surface area contributed by atoms with Gasteiger partial charge in [0.05, 0.1) is 79.3 Å². The Labute approximate surface area is 200 Å². The standard InChI is InChI=1S/C12H26O7.C12H24O2/c13-1-3-15-5-7-17-9-11-19-12-10-18-8-6-16-4-2-14;1-2-3-4-5-6-7-8-9-10-11-12(13)14/h13-14H,1-12H2;2-11H2,1H3,(H,13,14). The molecular formula is C24H50O9. The van der Waals surface area contributed by atoms with Gasteiger partial charge in [-0.2, -0.15) is 0 Å². The lowest BCUT2D eigenvalue weighted by atomic mass is 10.1. The molecule has 0 aromatic carbocycles. The van der Waals surface area contributed by atoms with Gasteiger partial charge in [0.15, 0.2) is 0 Å². The number of rotatable bonds is 26. The maximum absolute atomic E-state index is 10.2. The van der Waals surface area contributed by atoms with Crippen LogP contribution in [-0.2, 0) is 28.5 Å². The largest absolute Gasteiger partial charge is 0.481 e. The number of carbonyl (C=O) groups is 1. The van der Waals surface area contributed by atoms with Crippen molar-refractivity contribution in [2.24, 2.45) is 0 Å². The molecule has 0 aliphatic rings. The number of unbranched alkanes of at least 4 members (excludes halogenated alkanes) is 8. The minimum absolute atomic E-state index is 0.0359. The van der Waals surface area contributed by atoms with E-state index in [4.69, 9.17) is 39.0 Å². The van der Waals surface area contributed by atoms with Crippen LogP contribution in [0.3, 0.4) is 0 Å². The predicted molar refractivity (Wildman–Crippen MR) is 128 cm³/mol. The van der Waals surface area contributed by atoms with Gasteiger partial charge in [-0.05, 0) is 6.42 Å². The summed E-state index contributed by atoms with van der Waals surface area (Å²) in [6.45, 7) is 7.03. The Morgan fingerprint density at radius 2 is 0.818 bits per heavy atom. The quantitative estimate of drug-likeness (QED) is 0.160. The number of carboxylic acids is 1. The minimum atomic E-state index is -0.659. The second kappa shape index (κ2) is 33.4. The Kier molecular flexibility index (Phi) is 34.7. The van der Waals surface area contributed by atoms with Crippen LogP contribution in [0.15, 0.2) is 0 Å². The first-order valence-electron chi connectivity index (χ1n) is 12.5. The first-order valence-corrected chi connectivity index (χ1v) is 12.5. The fourth-order valence-electron chi connectivity index (χ4n) is 2.70. The fourth-order valence-corrected chi connectivity index (χ4v) is 2.70. The summed E-state index contributed by atoms with van der Waals surface area (Å²) in [5, 5.41) is 25.3. The van der Waals surface area contributed by atoms with Crippen molar-refractivity contribution in [1.82, 2.24) is 0 Å². The van der Waals surface area contributed by atoms with Crippen LogP contribution in [-0.4, -0.2) is 101 Å². The molecule has 0 saturated carbocycles. The second-order valence-corrected chi connectivity index (χ2v) is 7.48. The van der Waals surface area contributed by atoms with E-state index in [0.717, 1.165) is 12.8 Å². The van der Waals surface area contributed by atoms with E-state index in [-0.39, 0.29) is 13.2 Å². The van der Waals surface area contributed by atoms with E-state index in [9.17, 15) is 4.79 Å². The van der Waals surface area contributed by atoms with Gasteiger partial charge >= 0.3 is 5.97 Å². The lowest BCUT2D eigenvalue weighted by Gasteiger charge is -2.07.